The van der Waals surface area contributed by atoms with Crippen molar-refractivity contribution in [1.29, 1.82) is 0 Å². The summed E-state index contributed by atoms with van der Waals surface area (Å²) in [7, 11) is 2.04. The van der Waals surface area contributed by atoms with Gasteiger partial charge in [0.2, 0.25) is 0 Å². The number of halogens is 2. The van der Waals surface area contributed by atoms with Gasteiger partial charge in [0, 0.05) is 7.05 Å². The zero-order valence-electron chi connectivity index (χ0n) is 7.05. The van der Waals surface area contributed by atoms with Gasteiger partial charge in [-0.2, -0.15) is 0 Å². The minimum absolute atomic E-state index is 0.714. The summed E-state index contributed by atoms with van der Waals surface area (Å²) in [4.78, 5) is 6.35. The summed E-state index contributed by atoms with van der Waals surface area (Å²) in [5, 5.41) is 0. The summed E-state index contributed by atoms with van der Waals surface area (Å²) in [6, 6.07) is 1.96. The van der Waals surface area contributed by atoms with Crippen LogP contribution >= 0.6 is 31.9 Å². The van der Waals surface area contributed by atoms with Crippen LogP contribution in [-0.2, 0) is 0 Å². The lowest BCUT2D eigenvalue weighted by Crippen LogP contribution is -2.29. The third kappa shape index (κ3) is 1.67. The average molecular weight is 308 g/mol. The Morgan fingerprint density at radius 3 is 3.08 bits per heavy atom. The summed E-state index contributed by atoms with van der Waals surface area (Å²) in [6.45, 7) is 1.63. The molecule has 0 N–H and O–H groups in total. The molecule has 0 aliphatic carbocycles. The molecule has 1 aliphatic heterocycles. The van der Waals surface area contributed by atoms with Crippen LogP contribution in [-0.4, -0.2) is 25.2 Å². The third-order valence-electron chi connectivity index (χ3n) is 1.97. The summed E-state index contributed by atoms with van der Waals surface area (Å²) >= 11 is 6.71. The fourth-order valence-electron chi connectivity index (χ4n) is 1.28. The molecule has 2 heterocycles. The van der Waals surface area contributed by atoms with E-state index in [0.717, 1.165) is 27.2 Å². The van der Waals surface area contributed by atoms with Gasteiger partial charge in [0.05, 0.1) is 12.2 Å². The predicted octanol–water partition coefficient (Wildman–Crippen LogP) is 2.44. The Balaban J connectivity index is 2.56. The van der Waals surface area contributed by atoms with Gasteiger partial charge in [0.1, 0.15) is 11.2 Å². The molecule has 0 unspecified atom stereocenters. The van der Waals surface area contributed by atoms with Gasteiger partial charge in [-0.15, -0.1) is 0 Å². The first-order chi connectivity index (χ1) is 6.18. The zero-order valence-corrected chi connectivity index (χ0v) is 10.2. The fraction of sp³-hybridized carbons (Fsp3) is 0.375. The van der Waals surface area contributed by atoms with Crippen LogP contribution in [0.5, 0.6) is 5.75 Å². The van der Waals surface area contributed by atoms with E-state index >= 15 is 0 Å². The Labute approximate surface area is 93.3 Å². The maximum atomic E-state index is 5.51. The second-order valence-electron chi connectivity index (χ2n) is 2.85. The first-order valence-electron chi connectivity index (χ1n) is 3.88. The molecule has 0 saturated heterocycles. The molecule has 13 heavy (non-hydrogen) atoms. The fourth-order valence-corrected chi connectivity index (χ4v) is 2.42. The number of pyridine rings is 1. The van der Waals surface area contributed by atoms with Crippen LogP contribution in [0.15, 0.2) is 15.3 Å². The third-order valence-corrected chi connectivity index (χ3v) is 2.91. The molecular weight excluding hydrogens is 300 g/mol. The SMILES string of the molecule is CN1CCOc2c1cc(Br)nc2Br. The lowest BCUT2D eigenvalue weighted by molar-refractivity contribution is 0.307. The lowest BCUT2D eigenvalue weighted by Gasteiger charge is -2.27. The van der Waals surface area contributed by atoms with Gasteiger partial charge in [0.15, 0.2) is 10.4 Å². The van der Waals surface area contributed by atoms with Crippen LogP contribution < -0.4 is 9.64 Å². The Kier molecular flexibility index (Phi) is 2.47. The first-order valence-corrected chi connectivity index (χ1v) is 5.47. The molecule has 1 aromatic rings. The molecule has 70 valence electrons. The van der Waals surface area contributed by atoms with Crippen molar-refractivity contribution in [3.63, 3.8) is 0 Å². The van der Waals surface area contributed by atoms with Crippen molar-refractivity contribution in [1.82, 2.24) is 4.98 Å². The largest absolute Gasteiger partial charge is 0.487 e. The number of ether oxygens (including phenoxy) is 1. The Bertz CT molecular complexity index is 343. The predicted molar refractivity (Wildman–Crippen MR) is 58.4 cm³/mol. The van der Waals surface area contributed by atoms with Gasteiger partial charge in [0.25, 0.3) is 0 Å². The van der Waals surface area contributed by atoms with E-state index in [-0.39, 0.29) is 0 Å². The van der Waals surface area contributed by atoms with Gasteiger partial charge in [-0.3, -0.25) is 0 Å². The second kappa shape index (κ2) is 3.46. The number of fused-ring (bicyclic) bond motifs is 1. The molecule has 5 heteroatoms. The summed E-state index contributed by atoms with van der Waals surface area (Å²) in [5.74, 6) is 0.831. The highest BCUT2D eigenvalue weighted by atomic mass is 79.9. The molecule has 0 saturated carbocycles. The van der Waals surface area contributed by atoms with E-state index in [1.54, 1.807) is 0 Å². The highest BCUT2D eigenvalue weighted by Gasteiger charge is 2.19. The molecule has 0 radical (unpaired) electrons. The van der Waals surface area contributed by atoms with Crippen molar-refractivity contribution < 1.29 is 4.74 Å². The van der Waals surface area contributed by atoms with E-state index in [2.05, 4.69) is 41.7 Å². The quantitative estimate of drug-likeness (QED) is 0.688. The molecule has 0 aromatic carbocycles. The number of nitrogens with zero attached hydrogens (tertiary/aromatic N) is 2. The number of aromatic nitrogens is 1. The van der Waals surface area contributed by atoms with E-state index in [0.29, 0.717) is 6.61 Å². The van der Waals surface area contributed by atoms with Crippen LogP contribution in [0.3, 0.4) is 0 Å². The van der Waals surface area contributed by atoms with Crippen molar-refractivity contribution in [3.8, 4) is 5.75 Å². The Morgan fingerprint density at radius 1 is 1.54 bits per heavy atom. The molecule has 1 aromatic heterocycles. The zero-order chi connectivity index (χ0) is 9.42. The van der Waals surface area contributed by atoms with Crippen LogP contribution in [0.25, 0.3) is 0 Å². The van der Waals surface area contributed by atoms with Gasteiger partial charge >= 0.3 is 0 Å². The molecule has 0 atom stereocenters. The number of likely N-dealkylation sites (N-methyl/N-ethyl adjacent to an activating group) is 1. The number of hydrogen-bond acceptors (Lipinski definition) is 3. The maximum Gasteiger partial charge on any atom is 0.175 e. The molecule has 0 fully saturated rings. The maximum absolute atomic E-state index is 5.51. The smallest absolute Gasteiger partial charge is 0.175 e. The molecule has 2 rings (SSSR count). The summed E-state index contributed by atoms with van der Waals surface area (Å²) < 4.78 is 7.08. The number of rotatable bonds is 0. The van der Waals surface area contributed by atoms with Crippen molar-refractivity contribution in [2.75, 3.05) is 25.1 Å². The normalized spacial score (nSPS) is 15.2. The Hall–Kier alpha value is -0.290. The lowest BCUT2D eigenvalue weighted by atomic mass is 10.3. The van der Waals surface area contributed by atoms with Crippen LogP contribution in [0, 0.1) is 0 Å². The van der Waals surface area contributed by atoms with Crippen LogP contribution in [0.1, 0.15) is 0 Å². The Morgan fingerprint density at radius 2 is 2.31 bits per heavy atom. The van der Waals surface area contributed by atoms with Crippen LogP contribution in [0.2, 0.25) is 0 Å². The standard InChI is InChI=1S/C8H8Br2N2O/c1-12-2-3-13-7-5(12)4-6(9)11-8(7)10/h4H,2-3H2,1H3. The molecule has 0 spiro atoms. The summed E-state index contributed by atoms with van der Waals surface area (Å²) in [5.41, 5.74) is 1.07. The number of hydrogen-bond donors (Lipinski definition) is 0. The summed E-state index contributed by atoms with van der Waals surface area (Å²) in [6.07, 6.45) is 0. The van der Waals surface area contributed by atoms with Crippen LogP contribution in [0.4, 0.5) is 5.69 Å². The molecular formula is C8H8Br2N2O. The average Bonchev–Trinajstić information content (AvgIpc) is 2.07. The highest BCUT2D eigenvalue weighted by molar-refractivity contribution is 9.11. The van der Waals surface area contributed by atoms with Crippen molar-refractivity contribution in [2.24, 2.45) is 0 Å². The molecule has 0 bridgehead atoms. The van der Waals surface area contributed by atoms with E-state index in [1.165, 1.54) is 0 Å². The van der Waals surface area contributed by atoms with E-state index in [9.17, 15) is 0 Å². The minimum atomic E-state index is 0.714. The van der Waals surface area contributed by atoms with E-state index < -0.39 is 0 Å². The van der Waals surface area contributed by atoms with Gasteiger partial charge in [-0.25, -0.2) is 4.98 Å². The van der Waals surface area contributed by atoms with E-state index in [4.69, 9.17) is 4.74 Å². The molecule has 0 amide bonds. The topological polar surface area (TPSA) is 25.4 Å². The molecule has 3 nitrogen and oxygen atoms in total. The highest BCUT2D eigenvalue weighted by Crippen LogP contribution is 2.37. The van der Waals surface area contributed by atoms with Gasteiger partial charge in [-0.1, -0.05) is 0 Å². The number of anilines is 1. The minimum Gasteiger partial charge on any atom is -0.487 e. The van der Waals surface area contributed by atoms with Gasteiger partial charge < -0.3 is 9.64 Å². The molecule has 1 aliphatic rings. The second-order valence-corrected chi connectivity index (χ2v) is 4.42. The first kappa shape index (κ1) is 9.27. The van der Waals surface area contributed by atoms with Crippen molar-refractivity contribution in [3.05, 3.63) is 15.3 Å². The van der Waals surface area contributed by atoms with E-state index in [1.807, 2.05) is 13.1 Å². The monoisotopic (exact) mass is 306 g/mol. The van der Waals surface area contributed by atoms with Gasteiger partial charge in [-0.05, 0) is 37.9 Å². The van der Waals surface area contributed by atoms with Crippen molar-refractivity contribution >= 4 is 37.5 Å². The van der Waals surface area contributed by atoms with Crippen molar-refractivity contribution in [2.45, 2.75) is 0 Å².